The number of rotatable bonds is 4. The zero-order valence-electron chi connectivity index (χ0n) is 14.8. The van der Waals surface area contributed by atoms with Crippen LogP contribution in [0.2, 0.25) is 0 Å². The summed E-state index contributed by atoms with van der Waals surface area (Å²) in [4.78, 5) is 0. The van der Waals surface area contributed by atoms with Gasteiger partial charge in [0, 0.05) is 12.1 Å². The first-order valence-electron chi connectivity index (χ1n) is 8.62. The smallest absolute Gasteiger partial charge is 0.399 e. The molecule has 1 saturated heterocycles. The summed E-state index contributed by atoms with van der Waals surface area (Å²) in [6, 6.07) is 14.5. The number of nitrogens with one attached hydrogen (secondary N) is 3. The molecule has 3 unspecified atom stereocenters. The van der Waals surface area contributed by atoms with E-state index in [4.69, 9.17) is 5.73 Å². The number of hydrogen-bond acceptors (Lipinski definition) is 5. The van der Waals surface area contributed by atoms with Gasteiger partial charge >= 0.3 is 6.18 Å². The molecule has 0 aliphatic carbocycles. The van der Waals surface area contributed by atoms with Crippen molar-refractivity contribution in [3.63, 3.8) is 0 Å². The van der Waals surface area contributed by atoms with Gasteiger partial charge in [0.2, 0.25) is 0 Å². The third-order valence-electron chi connectivity index (χ3n) is 4.43. The Bertz CT molecular complexity index is 791. The maximum Gasteiger partial charge on any atom is 0.404 e. The van der Waals surface area contributed by atoms with Crippen molar-refractivity contribution in [3.8, 4) is 0 Å². The number of alkyl halides is 3. The van der Waals surface area contributed by atoms with Crippen LogP contribution in [0, 0.1) is 0 Å². The van der Waals surface area contributed by atoms with Gasteiger partial charge in [-0.3, -0.25) is 16.1 Å². The van der Waals surface area contributed by atoms with Gasteiger partial charge in [-0.05, 0) is 30.2 Å². The second-order valence-electron chi connectivity index (χ2n) is 6.51. The molecule has 0 amide bonds. The van der Waals surface area contributed by atoms with E-state index in [-0.39, 0.29) is 6.42 Å². The number of nitrogen functional groups attached to an aromatic ring is 1. The van der Waals surface area contributed by atoms with Crippen LogP contribution in [0.25, 0.3) is 0 Å². The van der Waals surface area contributed by atoms with Gasteiger partial charge in [-0.1, -0.05) is 42.5 Å². The largest absolute Gasteiger partial charge is 0.404 e. The van der Waals surface area contributed by atoms with Gasteiger partial charge < -0.3 is 5.73 Å². The fraction of sp³-hybridized carbons (Fsp3) is 0.316. The Kier molecular flexibility index (Phi) is 5.67. The van der Waals surface area contributed by atoms with Crippen LogP contribution in [0.4, 0.5) is 18.9 Å². The summed E-state index contributed by atoms with van der Waals surface area (Å²) in [6.45, 7) is 1.78. The number of hydrazone groups is 1. The monoisotopic (exact) mass is 377 g/mol. The molecule has 27 heavy (non-hydrogen) atoms. The van der Waals surface area contributed by atoms with Crippen LogP contribution in [0.1, 0.15) is 30.6 Å². The van der Waals surface area contributed by atoms with Crippen molar-refractivity contribution in [1.29, 1.82) is 0 Å². The summed E-state index contributed by atoms with van der Waals surface area (Å²) in [7, 11) is 0. The molecule has 1 aliphatic heterocycles. The summed E-state index contributed by atoms with van der Waals surface area (Å²) in [6.07, 6.45) is -5.80. The molecule has 8 heteroatoms. The lowest BCUT2D eigenvalue weighted by Crippen LogP contribution is -2.61. The lowest BCUT2D eigenvalue weighted by Gasteiger charge is -2.38. The molecule has 1 heterocycles. The Morgan fingerprint density at radius 2 is 1.85 bits per heavy atom. The van der Waals surface area contributed by atoms with Crippen molar-refractivity contribution in [1.82, 2.24) is 16.1 Å². The van der Waals surface area contributed by atoms with Gasteiger partial charge in [-0.15, -0.1) is 0 Å². The SMILES string of the molecule is C/C(=N\NC1CC(C(F)(F)F)NC(c2ccccc2)N1)c1cccc(N)c1. The van der Waals surface area contributed by atoms with Gasteiger partial charge in [0.15, 0.2) is 0 Å². The average Bonchev–Trinajstić information content (AvgIpc) is 2.66. The lowest BCUT2D eigenvalue weighted by molar-refractivity contribution is -0.167. The summed E-state index contributed by atoms with van der Waals surface area (Å²) < 4.78 is 40.0. The van der Waals surface area contributed by atoms with Crippen molar-refractivity contribution in [2.45, 2.75) is 37.9 Å². The van der Waals surface area contributed by atoms with E-state index in [1.165, 1.54) is 0 Å². The van der Waals surface area contributed by atoms with E-state index >= 15 is 0 Å². The molecule has 5 nitrogen and oxygen atoms in total. The van der Waals surface area contributed by atoms with E-state index in [9.17, 15) is 13.2 Å². The van der Waals surface area contributed by atoms with Crippen LogP contribution in [-0.4, -0.2) is 24.1 Å². The highest BCUT2D eigenvalue weighted by Crippen LogP contribution is 2.28. The minimum Gasteiger partial charge on any atom is -0.399 e. The van der Waals surface area contributed by atoms with E-state index in [0.29, 0.717) is 11.4 Å². The first-order valence-corrected chi connectivity index (χ1v) is 8.62. The van der Waals surface area contributed by atoms with Gasteiger partial charge in [0.05, 0.1) is 18.0 Å². The molecule has 2 aromatic rings. The Labute approximate surface area is 155 Å². The van der Waals surface area contributed by atoms with Crippen LogP contribution >= 0.6 is 0 Å². The molecule has 2 aromatic carbocycles. The Morgan fingerprint density at radius 1 is 1.11 bits per heavy atom. The van der Waals surface area contributed by atoms with E-state index in [1.54, 1.807) is 49.4 Å². The minimum atomic E-state index is -4.35. The van der Waals surface area contributed by atoms with Crippen molar-refractivity contribution < 1.29 is 13.2 Å². The highest BCUT2D eigenvalue weighted by molar-refractivity contribution is 5.99. The molecule has 144 valence electrons. The van der Waals surface area contributed by atoms with Crippen molar-refractivity contribution in [2.75, 3.05) is 5.73 Å². The minimum absolute atomic E-state index is 0.180. The summed E-state index contributed by atoms with van der Waals surface area (Å²) >= 11 is 0. The van der Waals surface area contributed by atoms with Crippen LogP contribution < -0.4 is 21.8 Å². The predicted molar refractivity (Wildman–Crippen MR) is 99.9 cm³/mol. The molecule has 0 spiro atoms. The van der Waals surface area contributed by atoms with Crippen molar-refractivity contribution in [2.24, 2.45) is 5.10 Å². The number of nitrogens with two attached hydrogens (primary N) is 1. The molecule has 3 rings (SSSR count). The van der Waals surface area contributed by atoms with Gasteiger partial charge in [-0.25, -0.2) is 0 Å². The highest BCUT2D eigenvalue weighted by Gasteiger charge is 2.45. The predicted octanol–water partition coefficient (Wildman–Crippen LogP) is 3.12. The van der Waals surface area contributed by atoms with Crippen LogP contribution in [0.15, 0.2) is 59.7 Å². The maximum atomic E-state index is 13.3. The van der Waals surface area contributed by atoms with Crippen LogP contribution in [0.5, 0.6) is 0 Å². The molecular weight excluding hydrogens is 355 g/mol. The summed E-state index contributed by atoms with van der Waals surface area (Å²) in [5, 5.41) is 10.0. The molecule has 1 aliphatic rings. The van der Waals surface area contributed by atoms with Gasteiger partial charge in [0.25, 0.3) is 0 Å². The fourth-order valence-corrected chi connectivity index (χ4v) is 2.98. The van der Waals surface area contributed by atoms with E-state index in [1.807, 2.05) is 12.1 Å². The first-order chi connectivity index (χ1) is 12.8. The zero-order chi connectivity index (χ0) is 19.4. The molecular formula is C19H22F3N5. The molecule has 1 fully saturated rings. The van der Waals surface area contributed by atoms with Crippen LogP contribution in [0.3, 0.4) is 0 Å². The summed E-state index contributed by atoms with van der Waals surface area (Å²) in [5.41, 5.74) is 11.4. The Morgan fingerprint density at radius 3 is 2.52 bits per heavy atom. The first kappa shape index (κ1) is 19.2. The third kappa shape index (κ3) is 4.99. The number of nitrogens with zero attached hydrogens (tertiary/aromatic N) is 1. The molecule has 0 bridgehead atoms. The fourth-order valence-electron chi connectivity index (χ4n) is 2.98. The van der Waals surface area contributed by atoms with Crippen molar-refractivity contribution in [3.05, 3.63) is 65.7 Å². The van der Waals surface area contributed by atoms with E-state index in [0.717, 1.165) is 11.1 Å². The molecule has 0 aromatic heterocycles. The topological polar surface area (TPSA) is 74.5 Å². The van der Waals surface area contributed by atoms with E-state index in [2.05, 4.69) is 21.2 Å². The molecule has 0 radical (unpaired) electrons. The zero-order valence-corrected chi connectivity index (χ0v) is 14.8. The second kappa shape index (κ2) is 7.98. The Balaban J connectivity index is 1.76. The number of halogens is 3. The number of hydrogen-bond donors (Lipinski definition) is 4. The van der Waals surface area contributed by atoms with Crippen LogP contribution in [-0.2, 0) is 0 Å². The molecule has 3 atom stereocenters. The van der Waals surface area contributed by atoms with Gasteiger partial charge in [0.1, 0.15) is 6.04 Å². The average molecular weight is 377 g/mol. The maximum absolute atomic E-state index is 13.3. The van der Waals surface area contributed by atoms with Crippen molar-refractivity contribution >= 4 is 11.4 Å². The number of anilines is 1. The molecule has 5 N–H and O–H groups in total. The van der Waals surface area contributed by atoms with E-state index < -0.39 is 24.5 Å². The molecule has 0 saturated carbocycles. The Hall–Kier alpha value is -2.58. The quantitative estimate of drug-likeness (QED) is 0.375. The number of benzene rings is 2. The third-order valence-corrected chi connectivity index (χ3v) is 4.43. The lowest BCUT2D eigenvalue weighted by atomic mass is 10.0. The highest BCUT2D eigenvalue weighted by atomic mass is 19.4. The van der Waals surface area contributed by atoms with Gasteiger partial charge in [-0.2, -0.15) is 18.3 Å². The standard InChI is InChI=1S/C19H22F3N5/c1-12(14-8-5-9-15(23)10-14)26-27-17-11-16(19(20,21)22)24-18(25-17)13-6-3-2-4-7-13/h2-10,16-18,24-25,27H,11,23H2,1H3/b26-12+. The normalized spacial score (nSPS) is 23.9. The second-order valence-corrected chi connectivity index (χ2v) is 6.51. The summed E-state index contributed by atoms with van der Waals surface area (Å²) in [5.74, 6) is 0.